The van der Waals surface area contributed by atoms with Crippen molar-refractivity contribution in [1.29, 1.82) is 0 Å². The van der Waals surface area contributed by atoms with Gasteiger partial charge in [0, 0.05) is 19.1 Å². The normalized spacial score (nSPS) is 27.1. The van der Waals surface area contributed by atoms with Gasteiger partial charge in [0.15, 0.2) is 9.84 Å². The molecule has 4 rings (SSSR count). The number of carbonyl (C=O) groups is 2. The summed E-state index contributed by atoms with van der Waals surface area (Å²) in [5.74, 6) is -1.72. The van der Waals surface area contributed by atoms with E-state index in [-0.39, 0.29) is 42.0 Å². The van der Waals surface area contributed by atoms with E-state index in [1.54, 1.807) is 6.07 Å². The number of piperidine rings is 1. The highest BCUT2D eigenvalue weighted by Crippen LogP contribution is 2.35. The predicted octanol–water partition coefficient (Wildman–Crippen LogP) is 2.27. The first-order valence-corrected chi connectivity index (χ1v) is 13.4. The number of carbonyl (C=O) groups excluding carboxylic acids is 1. The van der Waals surface area contributed by atoms with Gasteiger partial charge in [0.2, 0.25) is 5.91 Å². The number of aliphatic carboxylic acids is 1. The first kappa shape index (κ1) is 26.2. The number of halogens is 4. The topological polar surface area (TPSA) is 98.2 Å². The summed E-state index contributed by atoms with van der Waals surface area (Å²) in [5.41, 5.74) is 0. The van der Waals surface area contributed by atoms with Crippen LogP contribution in [0.1, 0.15) is 25.7 Å². The fraction of sp³-hybridized carbons (Fsp3) is 0.636. The van der Waals surface area contributed by atoms with E-state index in [9.17, 15) is 36.3 Å². The third kappa shape index (κ3) is 5.45. The lowest BCUT2D eigenvalue weighted by molar-refractivity contribution is -0.156. The number of nitrogens with zero attached hydrogens (tertiary/aromatic N) is 3. The molecule has 13 heteroatoms. The van der Waals surface area contributed by atoms with E-state index >= 15 is 0 Å². The van der Waals surface area contributed by atoms with Crippen molar-refractivity contribution in [2.24, 2.45) is 0 Å². The summed E-state index contributed by atoms with van der Waals surface area (Å²) >= 11 is 6.07. The molecular formula is C22H27ClF3N3O5S. The molecule has 3 heterocycles. The molecule has 3 aliphatic heterocycles. The Kier molecular flexibility index (Phi) is 7.38. The van der Waals surface area contributed by atoms with Gasteiger partial charge in [-0.15, -0.1) is 0 Å². The number of carboxylic acids is 1. The third-order valence-electron chi connectivity index (χ3n) is 7.19. The number of sulfone groups is 1. The maximum absolute atomic E-state index is 13.4. The van der Waals surface area contributed by atoms with Crippen LogP contribution in [0.4, 0.5) is 13.2 Å². The molecule has 0 aromatic heterocycles. The van der Waals surface area contributed by atoms with Crippen molar-refractivity contribution in [3.05, 3.63) is 29.3 Å². The molecule has 0 saturated carbocycles. The number of alkyl halides is 3. The molecule has 1 aromatic rings. The molecule has 3 atom stereocenters. The van der Waals surface area contributed by atoms with Crippen molar-refractivity contribution in [2.45, 2.75) is 60.1 Å². The minimum atomic E-state index is -4.26. The smallest absolute Gasteiger partial charge is 0.401 e. The van der Waals surface area contributed by atoms with Crippen LogP contribution in [-0.2, 0) is 19.4 Å². The summed E-state index contributed by atoms with van der Waals surface area (Å²) in [7, 11) is -3.97. The van der Waals surface area contributed by atoms with Crippen molar-refractivity contribution in [3.63, 3.8) is 0 Å². The molecule has 3 aliphatic rings. The van der Waals surface area contributed by atoms with Gasteiger partial charge in [-0.3, -0.25) is 14.6 Å². The molecule has 3 fully saturated rings. The standard InChI is InChI=1S/C22H27ClF3N3O5S/c23-16-3-1-2-4-19(16)35(33,34)15-11-18(21(31)32)29(12-15)20(30)17-7-10-28(17)14-5-8-27(9-6-14)13-22(24,25)26/h1-4,14-15,17-18H,5-13H2,(H,31,32)/t15-,17?,18+/m1/s1. The first-order valence-electron chi connectivity index (χ1n) is 11.4. The van der Waals surface area contributed by atoms with Crippen LogP contribution in [0.3, 0.4) is 0 Å². The molecule has 0 spiro atoms. The zero-order valence-corrected chi connectivity index (χ0v) is 20.4. The van der Waals surface area contributed by atoms with E-state index in [4.69, 9.17) is 11.6 Å². The van der Waals surface area contributed by atoms with Gasteiger partial charge in [0.25, 0.3) is 0 Å². The molecule has 35 heavy (non-hydrogen) atoms. The van der Waals surface area contributed by atoms with Crippen molar-refractivity contribution < 1.29 is 36.3 Å². The predicted molar refractivity (Wildman–Crippen MR) is 121 cm³/mol. The zero-order chi connectivity index (χ0) is 25.5. The van der Waals surface area contributed by atoms with Gasteiger partial charge in [-0.25, -0.2) is 13.2 Å². The van der Waals surface area contributed by atoms with Crippen LogP contribution in [0.15, 0.2) is 29.2 Å². The number of likely N-dealkylation sites (tertiary alicyclic amines) is 3. The van der Waals surface area contributed by atoms with E-state index < -0.39 is 51.8 Å². The number of hydrogen-bond donors (Lipinski definition) is 1. The Hall–Kier alpha value is -1.89. The van der Waals surface area contributed by atoms with E-state index in [1.165, 1.54) is 23.1 Å². The Morgan fingerprint density at radius 3 is 2.26 bits per heavy atom. The number of amides is 1. The lowest BCUT2D eigenvalue weighted by Crippen LogP contribution is -2.63. The second-order valence-corrected chi connectivity index (χ2v) is 11.9. The molecule has 1 N–H and O–H groups in total. The van der Waals surface area contributed by atoms with Crippen LogP contribution in [0.25, 0.3) is 0 Å². The van der Waals surface area contributed by atoms with Gasteiger partial charge in [-0.1, -0.05) is 23.7 Å². The minimum Gasteiger partial charge on any atom is -0.480 e. The van der Waals surface area contributed by atoms with Crippen molar-refractivity contribution in [2.75, 3.05) is 32.7 Å². The molecule has 0 radical (unpaired) electrons. The Morgan fingerprint density at radius 1 is 1.06 bits per heavy atom. The molecular weight excluding hydrogens is 511 g/mol. The fourth-order valence-electron chi connectivity index (χ4n) is 5.32. The second-order valence-electron chi connectivity index (χ2n) is 9.34. The van der Waals surface area contributed by atoms with Gasteiger partial charge < -0.3 is 10.0 Å². The number of rotatable bonds is 6. The average molecular weight is 538 g/mol. The van der Waals surface area contributed by atoms with Gasteiger partial charge in [0.1, 0.15) is 6.04 Å². The van der Waals surface area contributed by atoms with Gasteiger partial charge in [0.05, 0.1) is 27.8 Å². The molecule has 3 saturated heterocycles. The Labute approximate surface area is 206 Å². The summed E-state index contributed by atoms with van der Waals surface area (Å²) < 4.78 is 64.3. The maximum atomic E-state index is 13.4. The van der Waals surface area contributed by atoms with Gasteiger partial charge in [-0.05, 0) is 50.9 Å². The minimum absolute atomic E-state index is 0.0335. The van der Waals surface area contributed by atoms with Crippen LogP contribution in [-0.4, -0.2) is 102 Å². The highest BCUT2D eigenvalue weighted by molar-refractivity contribution is 7.92. The van der Waals surface area contributed by atoms with Crippen LogP contribution < -0.4 is 0 Å². The summed E-state index contributed by atoms with van der Waals surface area (Å²) in [6.45, 7) is -0.0924. The van der Waals surface area contributed by atoms with Crippen molar-refractivity contribution >= 4 is 33.3 Å². The van der Waals surface area contributed by atoms with Crippen LogP contribution in [0.2, 0.25) is 5.02 Å². The molecule has 1 amide bonds. The summed E-state index contributed by atoms with van der Waals surface area (Å²) in [6, 6.07) is 3.96. The summed E-state index contributed by atoms with van der Waals surface area (Å²) in [6.07, 6.45) is -3.05. The Balaban J connectivity index is 1.44. The van der Waals surface area contributed by atoms with Gasteiger partial charge in [-0.2, -0.15) is 13.2 Å². The van der Waals surface area contributed by atoms with Crippen LogP contribution in [0.5, 0.6) is 0 Å². The molecule has 1 aromatic carbocycles. The highest BCUT2D eigenvalue weighted by Gasteiger charge is 2.50. The molecule has 0 aliphatic carbocycles. The summed E-state index contributed by atoms with van der Waals surface area (Å²) in [4.78, 5) is 29.6. The SMILES string of the molecule is O=C(O)[C@@H]1C[C@@H](S(=O)(=O)c2ccccc2Cl)CN1C(=O)C1CCN1C1CCN(CC(F)(F)F)CC1. The van der Waals surface area contributed by atoms with E-state index in [1.807, 2.05) is 4.90 Å². The largest absolute Gasteiger partial charge is 0.480 e. The molecule has 0 bridgehead atoms. The molecule has 1 unspecified atom stereocenters. The maximum Gasteiger partial charge on any atom is 0.401 e. The highest BCUT2D eigenvalue weighted by atomic mass is 35.5. The van der Waals surface area contributed by atoms with Crippen molar-refractivity contribution in [3.8, 4) is 0 Å². The third-order valence-corrected chi connectivity index (χ3v) is 9.82. The second kappa shape index (κ2) is 9.87. The fourth-order valence-corrected chi connectivity index (χ4v) is 7.54. The number of benzene rings is 1. The van der Waals surface area contributed by atoms with Crippen LogP contribution in [0, 0.1) is 0 Å². The quantitative estimate of drug-likeness (QED) is 0.594. The first-order chi connectivity index (χ1) is 16.4. The van der Waals surface area contributed by atoms with E-state index in [0.29, 0.717) is 25.8 Å². The number of carboxylic acid groups (broad SMARTS) is 1. The average Bonchev–Trinajstić information content (AvgIpc) is 3.20. The number of hydrogen-bond acceptors (Lipinski definition) is 6. The molecule has 194 valence electrons. The van der Waals surface area contributed by atoms with E-state index in [0.717, 1.165) is 4.90 Å². The van der Waals surface area contributed by atoms with Gasteiger partial charge >= 0.3 is 12.1 Å². The van der Waals surface area contributed by atoms with Crippen molar-refractivity contribution in [1.82, 2.24) is 14.7 Å². The Morgan fingerprint density at radius 2 is 1.71 bits per heavy atom. The molecule has 8 nitrogen and oxygen atoms in total. The Bertz CT molecular complexity index is 1080. The zero-order valence-electron chi connectivity index (χ0n) is 18.8. The lowest BCUT2D eigenvalue weighted by atomic mass is 9.93. The van der Waals surface area contributed by atoms with E-state index in [2.05, 4.69) is 0 Å². The lowest BCUT2D eigenvalue weighted by Gasteiger charge is -2.49. The monoisotopic (exact) mass is 537 g/mol. The van der Waals surface area contributed by atoms with Crippen LogP contribution >= 0.6 is 11.6 Å². The summed E-state index contributed by atoms with van der Waals surface area (Å²) in [5, 5.41) is 8.65.